The molecule has 0 aromatic heterocycles. The molecule has 1 aromatic carbocycles. The average molecular weight is 246 g/mol. The number of nitrogens with one attached hydrogen (secondary N) is 1. The Hall–Kier alpha value is -1.35. The second-order valence-corrected chi connectivity index (χ2v) is 5.22. The van der Waals surface area contributed by atoms with Crippen molar-refractivity contribution in [3.8, 4) is 0 Å². The molecule has 1 aromatic rings. The van der Waals surface area contributed by atoms with E-state index in [-0.39, 0.29) is 0 Å². The van der Waals surface area contributed by atoms with Crippen molar-refractivity contribution in [2.75, 3.05) is 11.9 Å². The number of rotatable bonds is 5. The third kappa shape index (κ3) is 2.41. The molecule has 98 valence electrons. The minimum absolute atomic E-state index is 0.292. The summed E-state index contributed by atoms with van der Waals surface area (Å²) in [5, 5.41) is 3.25. The van der Waals surface area contributed by atoms with Gasteiger partial charge in [0.25, 0.3) is 0 Å². The monoisotopic (exact) mass is 246 g/mol. The first-order valence-corrected chi connectivity index (χ1v) is 6.69. The standard InChI is InChI=1S/C15H22N2O/c1-11(16-3)7-8-13-5-4-6-14-9-12(2)17(10-18)15(13)14/h4-6,10-12,16H,7-9H2,1-3H3. The first-order valence-electron chi connectivity index (χ1n) is 6.69. The molecule has 0 saturated carbocycles. The van der Waals surface area contributed by atoms with E-state index in [0.717, 1.165) is 31.4 Å². The van der Waals surface area contributed by atoms with Crippen LogP contribution in [0.1, 0.15) is 31.4 Å². The van der Waals surface area contributed by atoms with E-state index < -0.39 is 0 Å². The highest BCUT2D eigenvalue weighted by atomic mass is 16.1. The Bertz CT molecular complexity index is 431. The van der Waals surface area contributed by atoms with Crippen LogP contribution in [0, 0.1) is 0 Å². The van der Waals surface area contributed by atoms with Crippen molar-refractivity contribution in [2.45, 2.75) is 45.2 Å². The van der Waals surface area contributed by atoms with Crippen LogP contribution in [0.4, 0.5) is 5.69 Å². The van der Waals surface area contributed by atoms with Crippen LogP contribution in [0.15, 0.2) is 18.2 Å². The molecule has 1 aliphatic heterocycles. The average Bonchev–Trinajstić information content (AvgIpc) is 2.71. The summed E-state index contributed by atoms with van der Waals surface area (Å²) in [5.41, 5.74) is 3.76. The van der Waals surface area contributed by atoms with E-state index in [9.17, 15) is 4.79 Å². The largest absolute Gasteiger partial charge is 0.317 e. The van der Waals surface area contributed by atoms with Crippen molar-refractivity contribution in [1.29, 1.82) is 0 Å². The van der Waals surface area contributed by atoms with Crippen molar-refractivity contribution in [3.05, 3.63) is 29.3 Å². The van der Waals surface area contributed by atoms with Gasteiger partial charge in [-0.1, -0.05) is 18.2 Å². The lowest BCUT2D eigenvalue weighted by Gasteiger charge is -2.20. The normalized spacial score (nSPS) is 19.7. The van der Waals surface area contributed by atoms with E-state index in [1.54, 1.807) is 0 Å². The van der Waals surface area contributed by atoms with Crippen LogP contribution in [0.25, 0.3) is 0 Å². The molecule has 0 aliphatic carbocycles. The summed E-state index contributed by atoms with van der Waals surface area (Å²) < 4.78 is 0. The summed E-state index contributed by atoms with van der Waals surface area (Å²) >= 11 is 0. The lowest BCUT2D eigenvalue weighted by Crippen LogP contribution is -2.28. The van der Waals surface area contributed by atoms with Gasteiger partial charge in [-0.05, 0) is 51.3 Å². The van der Waals surface area contributed by atoms with Crippen molar-refractivity contribution >= 4 is 12.1 Å². The topological polar surface area (TPSA) is 32.3 Å². The van der Waals surface area contributed by atoms with Crippen LogP contribution in [0.3, 0.4) is 0 Å². The van der Waals surface area contributed by atoms with E-state index in [0.29, 0.717) is 12.1 Å². The van der Waals surface area contributed by atoms with Crippen molar-refractivity contribution < 1.29 is 4.79 Å². The van der Waals surface area contributed by atoms with Crippen LogP contribution >= 0.6 is 0 Å². The maximum absolute atomic E-state index is 11.2. The Balaban J connectivity index is 2.23. The van der Waals surface area contributed by atoms with Crippen LogP contribution in [-0.2, 0) is 17.6 Å². The van der Waals surface area contributed by atoms with Crippen molar-refractivity contribution in [3.63, 3.8) is 0 Å². The zero-order valence-electron chi connectivity index (χ0n) is 11.4. The maximum Gasteiger partial charge on any atom is 0.214 e. The third-order valence-electron chi connectivity index (χ3n) is 3.90. The number of anilines is 1. The summed E-state index contributed by atoms with van der Waals surface area (Å²) in [6.07, 6.45) is 4.06. The molecule has 0 radical (unpaired) electrons. The molecule has 0 spiro atoms. The highest BCUT2D eigenvalue weighted by Crippen LogP contribution is 2.34. The van der Waals surface area contributed by atoms with E-state index in [1.165, 1.54) is 11.1 Å². The minimum atomic E-state index is 0.292. The smallest absolute Gasteiger partial charge is 0.214 e. The predicted octanol–water partition coefficient (Wildman–Crippen LogP) is 2.13. The van der Waals surface area contributed by atoms with Gasteiger partial charge in [0.15, 0.2) is 0 Å². The highest BCUT2D eigenvalue weighted by molar-refractivity contribution is 5.82. The number of amides is 1. The Morgan fingerprint density at radius 2 is 2.33 bits per heavy atom. The molecule has 1 amide bonds. The van der Waals surface area contributed by atoms with Crippen LogP contribution in [0.2, 0.25) is 0 Å². The molecule has 18 heavy (non-hydrogen) atoms. The quantitative estimate of drug-likeness (QED) is 0.807. The number of hydrogen-bond donors (Lipinski definition) is 1. The Kier molecular flexibility index (Phi) is 4.02. The zero-order valence-corrected chi connectivity index (χ0v) is 11.4. The number of aryl methyl sites for hydroxylation is 1. The molecule has 1 N–H and O–H groups in total. The SMILES string of the molecule is CNC(C)CCc1cccc2c1N(C=O)C(C)C2. The van der Waals surface area contributed by atoms with Gasteiger partial charge in [0, 0.05) is 12.1 Å². The summed E-state index contributed by atoms with van der Waals surface area (Å²) in [6, 6.07) is 7.19. The Morgan fingerprint density at radius 1 is 1.56 bits per heavy atom. The zero-order chi connectivity index (χ0) is 13.1. The number of para-hydroxylation sites is 1. The maximum atomic E-state index is 11.2. The minimum Gasteiger partial charge on any atom is -0.317 e. The molecular formula is C15H22N2O. The van der Waals surface area contributed by atoms with Gasteiger partial charge >= 0.3 is 0 Å². The van der Waals surface area contributed by atoms with Crippen LogP contribution < -0.4 is 10.2 Å². The van der Waals surface area contributed by atoms with E-state index in [2.05, 4.69) is 37.4 Å². The molecule has 3 heteroatoms. The first kappa shape index (κ1) is 13.1. The second-order valence-electron chi connectivity index (χ2n) is 5.22. The number of fused-ring (bicyclic) bond motifs is 1. The summed E-state index contributed by atoms with van der Waals surface area (Å²) in [7, 11) is 1.99. The van der Waals surface area contributed by atoms with Crippen molar-refractivity contribution in [1.82, 2.24) is 5.32 Å². The van der Waals surface area contributed by atoms with Gasteiger partial charge in [0.05, 0.1) is 5.69 Å². The van der Waals surface area contributed by atoms with Gasteiger partial charge < -0.3 is 10.2 Å². The van der Waals surface area contributed by atoms with Crippen molar-refractivity contribution in [2.24, 2.45) is 0 Å². The number of benzene rings is 1. The van der Waals surface area contributed by atoms with Gasteiger partial charge in [0.2, 0.25) is 6.41 Å². The third-order valence-corrected chi connectivity index (χ3v) is 3.90. The van der Waals surface area contributed by atoms with E-state index in [1.807, 2.05) is 11.9 Å². The molecule has 1 heterocycles. The van der Waals surface area contributed by atoms with Crippen LogP contribution in [-0.4, -0.2) is 25.5 Å². The molecular weight excluding hydrogens is 224 g/mol. The fourth-order valence-corrected chi connectivity index (χ4v) is 2.65. The molecule has 2 atom stereocenters. The molecule has 2 unspecified atom stereocenters. The first-order chi connectivity index (χ1) is 8.67. The summed E-state index contributed by atoms with van der Waals surface area (Å²) in [5.74, 6) is 0. The fraction of sp³-hybridized carbons (Fsp3) is 0.533. The molecule has 2 rings (SSSR count). The summed E-state index contributed by atoms with van der Waals surface area (Å²) in [6.45, 7) is 4.29. The lowest BCUT2D eigenvalue weighted by atomic mass is 10.0. The molecule has 1 aliphatic rings. The van der Waals surface area contributed by atoms with Gasteiger partial charge in [-0.3, -0.25) is 4.79 Å². The number of hydrogen-bond acceptors (Lipinski definition) is 2. The van der Waals surface area contributed by atoms with Crippen LogP contribution in [0.5, 0.6) is 0 Å². The molecule has 3 nitrogen and oxygen atoms in total. The Morgan fingerprint density at radius 3 is 3.00 bits per heavy atom. The molecule has 0 fully saturated rings. The molecule has 0 saturated heterocycles. The lowest BCUT2D eigenvalue weighted by molar-refractivity contribution is -0.107. The fourth-order valence-electron chi connectivity index (χ4n) is 2.65. The van der Waals surface area contributed by atoms with Gasteiger partial charge in [-0.15, -0.1) is 0 Å². The number of nitrogens with zero attached hydrogens (tertiary/aromatic N) is 1. The predicted molar refractivity (Wildman–Crippen MR) is 75.0 cm³/mol. The Labute approximate surface area is 109 Å². The molecule has 0 bridgehead atoms. The van der Waals surface area contributed by atoms with Gasteiger partial charge in [-0.2, -0.15) is 0 Å². The number of carbonyl (C=O) groups excluding carboxylic acids is 1. The van der Waals surface area contributed by atoms with E-state index in [4.69, 9.17) is 0 Å². The van der Waals surface area contributed by atoms with E-state index >= 15 is 0 Å². The second kappa shape index (κ2) is 5.53. The summed E-state index contributed by atoms with van der Waals surface area (Å²) in [4.78, 5) is 13.1. The number of carbonyl (C=O) groups is 1. The van der Waals surface area contributed by atoms with Gasteiger partial charge in [0.1, 0.15) is 0 Å². The highest BCUT2D eigenvalue weighted by Gasteiger charge is 2.27. The van der Waals surface area contributed by atoms with Gasteiger partial charge in [-0.25, -0.2) is 0 Å².